The molecule has 89 heavy (non-hydrogen) atoms. The molecule has 6 rings (SSSR count). The van der Waals surface area contributed by atoms with Crippen LogP contribution in [-0.4, -0.2) is 204 Å². The maximum Gasteiger partial charge on any atom is 0.408 e. The molecule has 4 heterocycles. The normalized spacial score (nSPS) is 37.6. The summed E-state index contributed by atoms with van der Waals surface area (Å²) in [6.07, 6.45) is -12.2. The number of aliphatic hydroxyl groups excluding tert-OH is 2. The number of amides is 1. The van der Waals surface area contributed by atoms with Crippen LogP contribution in [0, 0.1) is 47.3 Å². The Bertz CT molecular complexity index is 2600. The maximum atomic E-state index is 16.1. The van der Waals surface area contributed by atoms with E-state index in [-0.39, 0.29) is 61.1 Å². The van der Waals surface area contributed by atoms with E-state index >= 15 is 9.59 Å². The first-order chi connectivity index (χ1) is 41.7. The Kier molecular flexibility index (Phi) is 26.8. The van der Waals surface area contributed by atoms with E-state index in [1.807, 2.05) is 27.7 Å². The summed E-state index contributed by atoms with van der Waals surface area (Å²) in [6, 6.07) is 7.77. The Balaban J connectivity index is 1.50. The van der Waals surface area contributed by atoms with Gasteiger partial charge in [0.1, 0.15) is 43.7 Å². The Labute approximate surface area is 528 Å². The molecule has 24 nitrogen and oxygen atoms in total. The molecule has 5 aliphatic rings. The second-order valence-electron chi connectivity index (χ2n) is 27.3. The third-order valence-corrected chi connectivity index (χ3v) is 19.5. The Morgan fingerprint density at radius 1 is 0.831 bits per heavy atom. The molecule has 5 fully saturated rings. The molecule has 4 saturated heterocycles. The number of hydrogen-bond acceptors (Lipinski definition) is 22. The smallest absolute Gasteiger partial charge is 0.408 e. The van der Waals surface area contributed by atoms with Crippen molar-refractivity contribution in [2.24, 2.45) is 52.5 Å². The molecule has 1 unspecified atom stereocenters. The average molecular weight is 1280 g/mol. The zero-order chi connectivity index (χ0) is 66.0. The van der Waals surface area contributed by atoms with Gasteiger partial charge in [-0.2, -0.15) is 0 Å². The lowest BCUT2D eigenvalue weighted by molar-refractivity contribution is -0.305. The first kappa shape index (κ1) is 74.1. The quantitative estimate of drug-likeness (QED) is 0.0544. The summed E-state index contributed by atoms with van der Waals surface area (Å²) in [5.74, 6) is -7.45. The van der Waals surface area contributed by atoms with E-state index in [9.17, 15) is 28.2 Å². The van der Waals surface area contributed by atoms with Gasteiger partial charge in [-0.05, 0) is 105 Å². The van der Waals surface area contributed by atoms with E-state index < -0.39 is 160 Å². The van der Waals surface area contributed by atoms with Gasteiger partial charge in [-0.15, -0.1) is 0 Å². The zero-order valence-corrected chi connectivity index (χ0v) is 56.6. The van der Waals surface area contributed by atoms with Crippen LogP contribution in [0.25, 0.3) is 0 Å². The van der Waals surface area contributed by atoms with Gasteiger partial charge in [-0.1, -0.05) is 71.8 Å². The van der Waals surface area contributed by atoms with Crippen LogP contribution < -0.4 is 10.0 Å². The number of aliphatic hydroxyl groups is 2. The first-order valence-electron chi connectivity index (χ1n) is 31.9. The van der Waals surface area contributed by atoms with Crippen LogP contribution in [0.5, 0.6) is 0 Å². The van der Waals surface area contributed by atoms with E-state index in [4.69, 9.17) is 56.9 Å². The van der Waals surface area contributed by atoms with Crippen molar-refractivity contribution in [2.45, 2.75) is 250 Å². The van der Waals surface area contributed by atoms with Crippen molar-refractivity contribution in [3.8, 4) is 0 Å². The van der Waals surface area contributed by atoms with Gasteiger partial charge in [0.25, 0.3) is 0 Å². The summed E-state index contributed by atoms with van der Waals surface area (Å²) in [5, 5.41) is 29.9. The number of nitrogens with zero attached hydrogens (tertiary/aromatic N) is 2. The van der Waals surface area contributed by atoms with Crippen LogP contribution in [0.15, 0.2) is 40.4 Å². The molecule has 0 aromatic heterocycles. The lowest BCUT2D eigenvalue weighted by Gasteiger charge is -2.45. The predicted octanol–water partition coefficient (Wildman–Crippen LogP) is 6.54. The van der Waals surface area contributed by atoms with Gasteiger partial charge in [0, 0.05) is 76.9 Å². The molecule has 1 aliphatic carbocycles. The van der Waals surface area contributed by atoms with E-state index in [0.29, 0.717) is 18.9 Å². The van der Waals surface area contributed by atoms with Gasteiger partial charge >= 0.3 is 18.0 Å². The van der Waals surface area contributed by atoms with Gasteiger partial charge in [0.2, 0.25) is 10.0 Å². The van der Waals surface area contributed by atoms with Crippen molar-refractivity contribution in [1.29, 1.82) is 0 Å². The Hall–Kier alpha value is -3.96. The average Bonchev–Trinajstić information content (AvgIpc) is 2.67. The molecular formula is C64H106N4O20S. The van der Waals surface area contributed by atoms with Gasteiger partial charge in [0.05, 0.1) is 65.1 Å². The summed E-state index contributed by atoms with van der Waals surface area (Å²) >= 11 is 0. The number of rotatable bonds is 22. The molecule has 4 aliphatic heterocycles. The second kappa shape index (κ2) is 32.3. The number of alkyl carbamates (subject to hydrolysis) is 1. The van der Waals surface area contributed by atoms with Gasteiger partial charge in [0.15, 0.2) is 30.3 Å². The number of benzene rings is 1. The SMILES string of the molecule is CON=C1C[C@@H](C)O[C@@H](O[C@@H]2[C@@H](C)[C@H](O[C@H]3C[C@H](C)N(CC4CC4)C[C@H](C)O3)[C@@H](C)C(=O)O[C@H](C(C)CO[C@@H]3O[C@H](C)[C@@H](O)[C@@H](OC)[C@H]3OC)[C@H](C)[C@@H](OC(=O)CC(C)C)[C@@H](C)C(=O)[C@@](C)(OC(=O)NC(C)(C)CNS(=O)(=O)c3ccccc3)C[C@@H]2C)[C@@H]1O. The van der Waals surface area contributed by atoms with Crippen molar-refractivity contribution in [3.63, 3.8) is 0 Å². The van der Waals surface area contributed by atoms with Crippen LogP contribution in [0.3, 0.4) is 0 Å². The summed E-state index contributed by atoms with van der Waals surface area (Å²) in [4.78, 5) is 68.2. The number of carbonyl (C=O) groups excluding carboxylic acids is 4. The molecule has 1 amide bonds. The number of nitrogens with one attached hydrogen (secondary N) is 2. The lowest BCUT2D eigenvalue weighted by atomic mass is 9.74. The van der Waals surface area contributed by atoms with E-state index in [0.717, 1.165) is 19.4 Å². The first-order valence-corrected chi connectivity index (χ1v) is 33.4. The van der Waals surface area contributed by atoms with Gasteiger partial charge in [-0.25, -0.2) is 17.9 Å². The summed E-state index contributed by atoms with van der Waals surface area (Å²) in [6.45, 7) is 27.5. The maximum absolute atomic E-state index is 16.1. The Morgan fingerprint density at radius 3 is 2.11 bits per heavy atom. The number of methoxy groups -OCH3 is 2. The minimum Gasteiger partial charge on any atom is -0.461 e. The fourth-order valence-corrected chi connectivity index (χ4v) is 14.3. The number of carbonyl (C=O) groups is 4. The molecule has 1 saturated carbocycles. The molecule has 22 atom stereocenters. The van der Waals surface area contributed by atoms with Crippen molar-refractivity contribution < 1.29 is 94.8 Å². The number of hydrogen-bond donors (Lipinski definition) is 4. The van der Waals surface area contributed by atoms with Gasteiger partial charge < -0.3 is 72.5 Å². The standard InChI is InChI=1S/C64H106N4O20S/c1-34(2)26-48(69)84-54-41(9)53(36(4)32-80-61-57(78-17)56(77-16)50(70)44(12)83-61)86-59(73)43(11)55(85-49-27-37(5)68(30-39(7)81-49)31-45-24-25-45)40(8)52(87-60-51(71)47(67-79-18)28-38(6)82-60)35(3)29-64(15,58(72)42(54)10)88-62(74)66-63(13,14)33-65-89(75,76)46-22-20-19-21-23-46/h19-23,34-45,49-57,60-61,65,70-71H,24-33H2,1-18H3,(H,66,74)/t35-,36?,37-,38+,39-,40+,41-,42+,43+,44+,49-,50+,51+,52-,53+,54+,55-,56+,57+,60-,61+,64-/m0/s1. The zero-order valence-electron chi connectivity index (χ0n) is 55.8. The molecule has 0 radical (unpaired) electrons. The molecular weight excluding hydrogens is 1180 g/mol. The number of oxime groups is 1. The molecule has 1 aromatic carbocycles. The van der Waals surface area contributed by atoms with E-state index in [1.165, 1.54) is 40.4 Å². The highest BCUT2D eigenvalue weighted by Crippen LogP contribution is 2.41. The third-order valence-electron chi connectivity index (χ3n) is 18.1. The topological polar surface area (TPSA) is 293 Å². The van der Waals surface area contributed by atoms with Crippen LogP contribution in [0.2, 0.25) is 0 Å². The number of Topliss-reactive ketones (excluding diaryl/α,β-unsaturated/α-hetero) is 1. The fraction of sp³-hybridized carbons (Fsp3) is 0.828. The summed E-state index contributed by atoms with van der Waals surface area (Å²) < 4.78 is 100. The van der Waals surface area contributed by atoms with Crippen molar-refractivity contribution in [1.82, 2.24) is 14.9 Å². The highest BCUT2D eigenvalue weighted by Gasteiger charge is 2.53. The second-order valence-corrected chi connectivity index (χ2v) is 29.0. The number of esters is 2. The minimum absolute atomic E-state index is 0.0155. The fourth-order valence-electron chi connectivity index (χ4n) is 13.0. The van der Waals surface area contributed by atoms with E-state index in [2.05, 4.69) is 27.0 Å². The van der Waals surface area contributed by atoms with Crippen LogP contribution >= 0.6 is 0 Å². The monoisotopic (exact) mass is 1280 g/mol. The Morgan fingerprint density at radius 2 is 1.49 bits per heavy atom. The molecule has 0 bridgehead atoms. The van der Waals surface area contributed by atoms with Crippen LogP contribution in [-0.2, 0) is 81.3 Å². The highest BCUT2D eigenvalue weighted by molar-refractivity contribution is 7.89. The minimum atomic E-state index is -4.03. The number of ether oxygens (including phenoxy) is 11. The van der Waals surface area contributed by atoms with Crippen LogP contribution in [0.1, 0.15) is 142 Å². The highest BCUT2D eigenvalue weighted by atomic mass is 32.2. The van der Waals surface area contributed by atoms with Crippen molar-refractivity contribution in [3.05, 3.63) is 30.3 Å². The molecule has 25 heteroatoms. The molecule has 508 valence electrons. The summed E-state index contributed by atoms with van der Waals surface area (Å²) in [7, 11) is 0.220. The van der Waals surface area contributed by atoms with Crippen LogP contribution in [0.4, 0.5) is 4.79 Å². The number of sulfonamides is 1. The largest absolute Gasteiger partial charge is 0.461 e. The molecule has 4 N–H and O–H groups in total. The molecule has 0 spiro atoms. The van der Waals surface area contributed by atoms with Gasteiger partial charge in [-0.3, -0.25) is 19.3 Å². The number of cyclic esters (lactones) is 1. The van der Waals surface area contributed by atoms with E-state index in [1.54, 1.807) is 80.5 Å². The molecule has 1 aromatic rings. The van der Waals surface area contributed by atoms with Crippen molar-refractivity contribution >= 4 is 39.6 Å². The third kappa shape index (κ3) is 19.8. The number of ketones is 1. The lowest BCUT2D eigenvalue weighted by Crippen LogP contribution is -2.59. The predicted molar refractivity (Wildman–Crippen MR) is 327 cm³/mol. The summed E-state index contributed by atoms with van der Waals surface area (Å²) in [5.41, 5.74) is -3.18. The van der Waals surface area contributed by atoms with Crippen molar-refractivity contribution in [2.75, 3.05) is 47.6 Å².